The van der Waals surface area contributed by atoms with Crippen LogP contribution in [-0.2, 0) is 6.42 Å². The van der Waals surface area contributed by atoms with E-state index in [1.165, 1.54) is 6.07 Å². The molecule has 4 aliphatic rings. The zero-order valence-corrected chi connectivity index (χ0v) is 26.0. The summed E-state index contributed by atoms with van der Waals surface area (Å²) in [6, 6.07) is 9.21. The maximum Gasteiger partial charge on any atom is 0.319 e. The first-order valence-electron chi connectivity index (χ1n) is 16.4. The standard InChI is InChI=1S/C35H39F3N6O/c1-4-23-17-44-27(15-39-23)19(2)13-26-29-32(30(38)31(40-26)24-8-5-7-21-9-10-25(37)20(3)28(21)24)41-34(42-33(29)44)45-18-35-11-6-12-43(35)16-22(36)14-35/h5,7-10,19,22-23,27,39H,4,6,11-18H2,1-3H3/t19-,22-,23-,27+,35+/m1/s1. The number of benzene rings is 2. The lowest BCUT2D eigenvalue weighted by atomic mass is 9.93. The number of anilines is 1. The summed E-state index contributed by atoms with van der Waals surface area (Å²) in [5.41, 5.74) is 1.65. The zero-order chi connectivity index (χ0) is 31.0. The van der Waals surface area contributed by atoms with E-state index in [4.69, 9.17) is 19.7 Å². The molecule has 4 aromatic rings. The minimum Gasteiger partial charge on any atom is -0.461 e. The molecule has 2 aromatic carbocycles. The average Bonchev–Trinajstić information content (AvgIpc) is 3.54. The number of fused-ring (bicyclic) bond motifs is 4. The molecule has 8 rings (SSSR count). The van der Waals surface area contributed by atoms with Gasteiger partial charge in [-0.05, 0) is 67.5 Å². The third-order valence-corrected chi connectivity index (χ3v) is 10.9. The van der Waals surface area contributed by atoms with Gasteiger partial charge in [0.15, 0.2) is 5.82 Å². The Morgan fingerprint density at radius 1 is 1.09 bits per heavy atom. The second-order valence-electron chi connectivity index (χ2n) is 13.6. The van der Waals surface area contributed by atoms with Gasteiger partial charge in [0.2, 0.25) is 0 Å². The second kappa shape index (κ2) is 10.8. The number of aryl methyl sites for hydroxylation is 1. The predicted octanol–water partition coefficient (Wildman–Crippen LogP) is 6.14. The Bertz CT molecular complexity index is 1820. The van der Waals surface area contributed by atoms with Crippen molar-refractivity contribution in [1.82, 2.24) is 25.2 Å². The highest BCUT2D eigenvalue weighted by atomic mass is 19.1. The second-order valence-corrected chi connectivity index (χ2v) is 13.6. The van der Waals surface area contributed by atoms with Gasteiger partial charge in [-0.2, -0.15) is 9.97 Å². The molecule has 0 amide bonds. The average molecular weight is 617 g/mol. The van der Waals surface area contributed by atoms with Gasteiger partial charge in [-0.1, -0.05) is 38.1 Å². The lowest BCUT2D eigenvalue weighted by molar-refractivity contribution is 0.107. The van der Waals surface area contributed by atoms with Crippen LogP contribution in [0.4, 0.5) is 19.0 Å². The van der Waals surface area contributed by atoms with Crippen molar-refractivity contribution >= 4 is 27.5 Å². The van der Waals surface area contributed by atoms with E-state index in [0.29, 0.717) is 47.1 Å². The first kappa shape index (κ1) is 28.9. The van der Waals surface area contributed by atoms with E-state index in [1.54, 1.807) is 19.1 Å². The topological polar surface area (TPSA) is 66.4 Å². The Hall–Kier alpha value is -3.50. The van der Waals surface area contributed by atoms with Gasteiger partial charge in [-0.15, -0.1) is 0 Å². The Morgan fingerprint density at radius 2 is 1.96 bits per heavy atom. The molecule has 10 heteroatoms. The van der Waals surface area contributed by atoms with Crippen molar-refractivity contribution < 1.29 is 17.9 Å². The number of aromatic nitrogens is 3. The Labute approximate surface area is 261 Å². The SMILES string of the molecule is CC[C@@H]1CN2c3nc(OC[C@@]45CCCN4C[C@H](F)C5)nc4c(F)c(-c5cccc6ccc(F)c(C)c56)nc(c34)C[C@@H](C)[C@@H]2CN1. The molecule has 236 valence electrons. The van der Waals surface area contributed by atoms with Crippen LogP contribution in [0.1, 0.15) is 50.8 Å². The van der Waals surface area contributed by atoms with E-state index in [-0.39, 0.29) is 53.2 Å². The van der Waals surface area contributed by atoms with Crippen molar-refractivity contribution in [2.75, 3.05) is 37.7 Å². The number of rotatable bonds is 5. The summed E-state index contributed by atoms with van der Waals surface area (Å²) in [5.74, 6) is -0.0775. The number of piperazine rings is 1. The normalized spacial score (nSPS) is 28.0. The molecule has 5 atom stereocenters. The molecule has 0 bridgehead atoms. The summed E-state index contributed by atoms with van der Waals surface area (Å²) in [4.78, 5) is 19.2. The molecule has 3 fully saturated rings. The molecular formula is C35H39F3N6O. The summed E-state index contributed by atoms with van der Waals surface area (Å²) in [6.07, 6.45) is 2.96. The van der Waals surface area contributed by atoms with Crippen LogP contribution >= 0.6 is 0 Å². The molecule has 6 heterocycles. The van der Waals surface area contributed by atoms with Gasteiger partial charge < -0.3 is 15.0 Å². The highest BCUT2D eigenvalue weighted by molar-refractivity contribution is 6.01. The molecule has 0 spiro atoms. The number of hydrogen-bond donors (Lipinski definition) is 1. The molecule has 3 saturated heterocycles. The highest BCUT2D eigenvalue weighted by Gasteiger charge is 2.49. The number of alkyl halides is 1. The molecule has 0 saturated carbocycles. The van der Waals surface area contributed by atoms with E-state index in [2.05, 4.69) is 29.0 Å². The van der Waals surface area contributed by atoms with Crippen LogP contribution in [0, 0.1) is 24.5 Å². The number of nitrogens with zero attached hydrogens (tertiary/aromatic N) is 5. The van der Waals surface area contributed by atoms with Gasteiger partial charge in [0.05, 0.1) is 16.6 Å². The van der Waals surface area contributed by atoms with Crippen molar-refractivity contribution in [2.24, 2.45) is 5.92 Å². The fourth-order valence-corrected chi connectivity index (χ4v) is 8.49. The molecule has 2 aromatic heterocycles. The van der Waals surface area contributed by atoms with Crippen LogP contribution in [0.2, 0.25) is 0 Å². The number of nitrogens with one attached hydrogen (secondary N) is 1. The van der Waals surface area contributed by atoms with Crippen molar-refractivity contribution in [3.8, 4) is 17.3 Å². The molecule has 0 radical (unpaired) electrons. The van der Waals surface area contributed by atoms with Gasteiger partial charge in [0.1, 0.15) is 35.6 Å². The Kier molecular flexibility index (Phi) is 6.94. The third kappa shape index (κ3) is 4.58. The van der Waals surface area contributed by atoms with Crippen LogP contribution < -0.4 is 15.0 Å². The smallest absolute Gasteiger partial charge is 0.319 e. The monoisotopic (exact) mass is 616 g/mol. The number of ether oxygens (including phenoxy) is 1. The Balaban J connectivity index is 1.32. The lowest BCUT2D eigenvalue weighted by Gasteiger charge is -2.42. The maximum atomic E-state index is 17.0. The van der Waals surface area contributed by atoms with E-state index in [9.17, 15) is 8.78 Å². The molecule has 45 heavy (non-hydrogen) atoms. The summed E-state index contributed by atoms with van der Waals surface area (Å²) < 4.78 is 52.7. The summed E-state index contributed by atoms with van der Waals surface area (Å²) in [7, 11) is 0. The number of halogens is 3. The van der Waals surface area contributed by atoms with Gasteiger partial charge in [-0.25, -0.2) is 18.2 Å². The number of pyridine rings is 1. The van der Waals surface area contributed by atoms with Crippen LogP contribution in [-0.4, -0.2) is 76.4 Å². The predicted molar refractivity (Wildman–Crippen MR) is 170 cm³/mol. The van der Waals surface area contributed by atoms with Gasteiger partial charge in [0, 0.05) is 43.7 Å². The maximum absolute atomic E-state index is 17.0. The minimum absolute atomic E-state index is 0.100. The van der Waals surface area contributed by atoms with Gasteiger partial charge in [-0.3, -0.25) is 4.90 Å². The van der Waals surface area contributed by atoms with Gasteiger partial charge >= 0.3 is 6.01 Å². The molecule has 1 N–H and O–H groups in total. The first-order valence-corrected chi connectivity index (χ1v) is 16.4. The molecule has 0 unspecified atom stereocenters. The van der Waals surface area contributed by atoms with E-state index in [0.717, 1.165) is 50.0 Å². The fourth-order valence-electron chi connectivity index (χ4n) is 8.49. The summed E-state index contributed by atoms with van der Waals surface area (Å²) in [5, 5.41) is 5.75. The fraction of sp³-hybridized carbons (Fsp3) is 0.514. The molecule has 4 aliphatic heterocycles. The van der Waals surface area contributed by atoms with Crippen LogP contribution in [0.3, 0.4) is 0 Å². The van der Waals surface area contributed by atoms with Crippen LogP contribution in [0.25, 0.3) is 32.9 Å². The van der Waals surface area contributed by atoms with Crippen molar-refractivity contribution in [3.05, 3.63) is 53.2 Å². The molecular weight excluding hydrogens is 577 g/mol. The van der Waals surface area contributed by atoms with E-state index in [1.807, 2.05) is 12.1 Å². The quantitative estimate of drug-likeness (QED) is 0.289. The molecule has 0 aliphatic carbocycles. The number of hydrogen-bond acceptors (Lipinski definition) is 7. The minimum atomic E-state index is -0.882. The van der Waals surface area contributed by atoms with Crippen LogP contribution in [0.5, 0.6) is 6.01 Å². The highest BCUT2D eigenvalue weighted by Crippen LogP contribution is 2.43. The van der Waals surface area contributed by atoms with Gasteiger partial charge in [0.25, 0.3) is 0 Å². The van der Waals surface area contributed by atoms with Crippen molar-refractivity contribution in [2.45, 2.75) is 76.7 Å². The first-order chi connectivity index (χ1) is 21.8. The zero-order valence-electron chi connectivity index (χ0n) is 26.0. The van der Waals surface area contributed by atoms with E-state index < -0.39 is 12.0 Å². The van der Waals surface area contributed by atoms with E-state index >= 15 is 4.39 Å². The molecule has 7 nitrogen and oxygen atoms in total. The summed E-state index contributed by atoms with van der Waals surface area (Å²) in [6.45, 7) is 9.12. The van der Waals surface area contributed by atoms with Crippen molar-refractivity contribution in [3.63, 3.8) is 0 Å². The largest absolute Gasteiger partial charge is 0.461 e. The Morgan fingerprint density at radius 3 is 2.80 bits per heavy atom. The lowest BCUT2D eigenvalue weighted by Crippen LogP contribution is -2.58. The third-order valence-electron chi connectivity index (χ3n) is 10.9. The summed E-state index contributed by atoms with van der Waals surface area (Å²) >= 11 is 0. The van der Waals surface area contributed by atoms with Crippen LogP contribution in [0.15, 0.2) is 30.3 Å². The van der Waals surface area contributed by atoms with Crippen molar-refractivity contribution in [1.29, 1.82) is 0 Å².